The summed E-state index contributed by atoms with van der Waals surface area (Å²) in [4.78, 5) is 15.0. The maximum atomic E-state index is 11.1. The van der Waals surface area contributed by atoms with Crippen LogP contribution in [0.15, 0.2) is 16.8 Å². The maximum absolute atomic E-state index is 11.1. The van der Waals surface area contributed by atoms with Crippen LogP contribution in [0.25, 0.3) is 11.1 Å². The van der Waals surface area contributed by atoms with Gasteiger partial charge in [-0.25, -0.2) is 9.78 Å². The molecule has 0 fully saturated rings. The van der Waals surface area contributed by atoms with Crippen LogP contribution in [0.3, 0.4) is 0 Å². The van der Waals surface area contributed by atoms with E-state index in [0.717, 1.165) is 0 Å². The van der Waals surface area contributed by atoms with Gasteiger partial charge in [-0.3, -0.25) is 0 Å². The zero-order valence-electron chi connectivity index (χ0n) is 7.35. The van der Waals surface area contributed by atoms with Gasteiger partial charge in [0.15, 0.2) is 5.82 Å². The van der Waals surface area contributed by atoms with E-state index in [1.54, 1.807) is 0 Å². The highest BCUT2D eigenvalue weighted by molar-refractivity contribution is 5.95. The van der Waals surface area contributed by atoms with Crippen LogP contribution in [0.5, 0.6) is 0 Å². The molecule has 0 aliphatic heterocycles. The molecule has 2 aromatic rings. The number of fused-ring (bicyclic) bond motifs is 1. The molecule has 0 saturated heterocycles. The highest BCUT2D eigenvalue weighted by Crippen LogP contribution is 2.19. The van der Waals surface area contributed by atoms with Gasteiger partial charge in [-0.2, -0.15) is 0 Å². The number of hydrogen-bond acceptors (Lipinski definition) is 6. The van der Waals surface area contributed by atoms with Gasteiger partial charge in [-0.1, -0.05) is 5.16 Å². The Morgan fingerprint density at radius 2 is 2.43 bits per heavy atom. The molecular weight excluding hydrogens is 186 g/mol. The maximum Gasteiger partial charge on any atom is 0.339 e. The third-order valence-electron chi connectivity index (χ3n) is 1.78. The average Bonchev–Trinajstić information content (AvgIpc) is 2.59. The summed E-state index contributed by atoms with van der Waals surface area (Å²) < 4.78 is 9.31. The van der Waals surface area contributed by atoms with Crippen LogP contribution in [0.1, 0.15) is 10.4 Å². The lowest BCUT2D eigenvalue weighted by Gasteiger charge is -1.96. The van der Waals surface area contributed by atoms with E-state index in [1.165, 1.54) is 19.4 Å². The van der Waals surface area contributed by atoms with E-state index in [0.29, 0.717) is 16.7 Å². The van der Waals surface area contributed by atoms with Gasteiger partial charge < -0.3 is 15.0 Å². The second-order valence-electron chi connectivity index (χ2n) is 2.64. The fourth-order valence-electron chi connectivity index (χ4n) is 1.08. The lowest BCUT2D eigenvalue weighted by atomic mass is 10.2. The number of nitrogens with zero attached hydrogens (tertiary/aromatic N) is 2. The molecule has 0 aliphatic rings. The number of carbonyl (C=O) groups is 1. The van der Waals surface area contributed by atoms with Crippen molar-refractivity contribution in [3.63, 3.8) is 0 Å². The van der Waals surface area contributed by atoms with Crippen molar-refractivity contribution in [2.75, 3.05) is 12.8 Å². The summed E-state index contributed by atoms with van der Waals surface area (Å²) in [5.74, 6) is -0.266. The first-order valence-corrected chi connectivity index (χ1v) is 3.81. The van der Waals surface area contributed by atoms with Crippen LogP contribution >= 0.6 is 0 Å². The quantitative estimate of drug-likeness (QED) is 0.666. The number of aromatic nitrogens is 2. The number of pyridine rings is 1. The van der Waals surface area contributed by atoms with Gasteiger partial charge in [0.1, 0.15) is 0 Å². The molecule has 2 N–H and O–H groups in total. The van der Waals surface area contributed by atoms with Gasteiger partial charge in [0, 0.05) is 6.20 Å². The highest BCUT2D eigenvalue weighted by Gasteiger charge is 2.11. The molecule has 6 heteroatoms. The van der Waals surface area contributed by atoms with Gasteiger partial charge >= 0.3 is 5.97 Å². The van der Waals surface area contributed by atoms with E-state index in [4.69, 9.17) is 10.3 Å². The van der Waals surface area contributed by atoms with Gasteiger partial charge in [0.25, 0.3) is 5.71 Å². The Kier molecular flexibility index (Phi) is 1.81. The van der Waals surface area contributed by atoms with Crippen molar-refractivity contribution in [2.24, 2.45) is 0 Å². The molecule has 0 atom stereocenters. The van der Waals surface area contributed by atoms with Crippen LogP contribution in [0.2, 0.25) is 0 Å². The van der Waals surface area contributed by atoms with Gasteiger partial charge in [0.2, 0.25) is 0 Å². The molecule has 2 heterocycles. The Hall–Kier alpha value is -2.11. The summed E-state index contributed by atoms with van der Waals surface area (Å²) in [7, 11) is 1.30. The summed E-state index contributed by atoms with van der Waals surface area (Å²) in [6.07, 6.45) is 1.35. The summed E-state index contributed by atoms with van der Waals surface area (Å²) in [5.41, 5.74) is 6.11. The molecule has 14 heavy (non-hydrogen) atoms. The molecule has 0 unspecified atom stereocenters. The summed E-state index contributed by atoms with van der Waals surface area (Å²) in [6.45, 7) is 0. The lowest BCUT2D eigenvalue weighted by Crippen LogP contribution is -2.01. The van der Waals surface area contributed by atoms with E-state index < -0.39 is 5.97 Å². The molecule has 0 spiro atoms. The minimum atomic E-state index is -0.472. The van der Waals surface area contributed by atoms with Gasteiger partial charge in [-0.15, -0.1) is 0 Å². The Labute approximate surface area is 78.6 Å². The van der Waals surface area contributed by atoms with Crippen LogP contribution < -0.4 is 5.73 Å². The first-order valence-electron chi connectivity index (χ1n) is 3.81. The van der Waals surface area contributed by atoms with E-state index >= 15 is 0 Å². The number of nitrogens with two attached hydrogens (primary N) is 1. The van der Waals surface area contributed by atoms with Crippen LogP contribution in [0.4, 0.5) is 5.82 Å². The molecule has 0 bridgehead atoms. The first-order chi connectivity index (χ1) is 6.72. The molecular formula is C8H7N3O3. The van der Waals surface area contributed by atoms with Crippen LogP contribution in [-0.4, -0.2) is 23.2 Å². The number of esters is 1. The van der Waals surface area contributed by atoms with Gasteiger partial charge in [-0.05, 0) is 6.07 Å². The third kappa shape index (κ3) is 1.17. The second kappa shape index (κ2) is 2.99. The summed E-state index contributed by atoms with van der Waals surface area (Å²) >= 11 is 0. The number of carbonyl (C=O) groups excluding carboxylic acids is 1. The van der Waals surface area contributed by atoms with Crippen molar-refractivity contribution in [3.8, 4) is 0 Å². The van der Waals surface area contributed by atoms with E-state index in [-0.39, 0.29) is 5.82 Å². The predicted octanol–water partition coefficient (Wildman–Crippen LogP) is 0.592. The van der Waals surface area contributed by atoms with Crippen molar-refractivity contribution in [1.29, 1.82) is 0 Å². The monoisotopic (exact) mass is 193 g/mol. The van der Waals surface area contributed by atoms with Crippen molar-refractivity contribution in [2.45, 2.75) is 0 Å². The molecule has 0 aliphatic carbocycles. The number of anilines is 1. The van der Waals surface area contributed by atoms with Crippen molar-refractivity contribution < 1.29 is 14.1 Å². The number of rotatable bonds is 1. The zero-order chi connectivity index (χ0) is 10.1. The molecule has 2 aromatic heterocycles. The van der Waals surface area contributed by atoms with Crippen LogP contribution in [0, 0.1) is 0 Å². The molecule has 0 amide bonds. The van der Waals surface area contributed by atoms with Crippen LogP contribution in [-0.2, 0) is 4.74 Å². The normalized spacial score (nSPS) is 10.4. The molecule has 0 radical (unpaired) electrons. The van der Waals surface area contributed by atoms with E-state index in [1.807, 2.05) is 0 Å². The van der Waals surface area contributed by atoms with E-state index in [9.17, 15) is 4.79 Å². The summed E-state index contributed by atoms with van der Waals surface area (Å²) in [6, 6.07) is 1.53. The SMILES string of the molecule is COC(=O)c1cnc2onc(N)c2c1. The van der Waals surface area contributed by atoms with Crippen molar-refractivity contribution >= 4 is 22.9 Å². The highest BCUT2D eigenvalue weighted by atomic mass is 16.5. The minimum absolute atomic E-state index is 0.207. The fourth-order valence-corrected chi connectivity index (χ4v) is 1.08. The standard InChI is InChI=1S/C8H7N3O3/c1-13-8(12)4-2-5-6(9)11-14-7(5)10-3-4/h2-3H,1H3,(H2,9,11). The molecule has 6 nitrogen and oxygen atoms in total. The summed E-state index contributed by atoms with van der Waals surface area (Å²) in [5, 5.41) is 4.02. The molecule has 0 saturated carbocycles. The smallest absolute Gasteiger partial charge is 0.339 e. The Bertz CT molecular complexity index is 492. The van der Waals surface area contributed by atoms with Gasteiger partial charge in [0.05, 0.1) is 18.1 Å². The average molecular weight is 193 g/mol. The lowest BCUT2D eigenvalue weighted by molar-refractivity contribution is 0.0600. The number of methoxy groups -OCH3 is 1. The second-order valence-corrected chi connectivity index (χ2v) is 2.64. The number of hydrogen-bond donors (Lipinski definition) is 1. The zero-order valence-corrected chi connectivity index (χ0v) is 7.35. The van der Waals surface area contributed by atoms with Crippen molar-refractivity contribution in [1.82, 2.24) is 10.1 Å². The topological polar surface area (TPSA) is 91.2 Å². The largest absolute Gasteiger partial charge is 0.465 e. The first kappa shape index (κ1) is 8.49. The van der Waals surface area contributed by atoms with Crippen molar-refractivity contribution in [3.05, 3.63) is 17.8 Å². The fraction of sp³-hybridized carbons (Fsp3) is 0.125. The number of nitrogen functional groups attached to an aromatic ring is 1. The minimum Gasteiger partial charge on any atom is -0.465 e. The third-order valence-corrected chi connectivity index (χ3v) is 1.78. The molecule has 2 rings (SSSR count). The Balaban J connectivity index is 2.60. The van der Waals surface area contributed by atoms with E-state index in [2.05, 4.69) is 14.9 Å². The Morgan fingerprint density at radius 3 is 3.14 bits per heavy atom. The Morgan fingerprint density at radius 1 is 1.64 bits per heavy atom. The predicted molar refractivity (Wildman–Crippen MR) is 47.6 cm³/mol. The molecule has 72 valence electrons. The molecule has 0 aromatic carbocycles. The number of ether oxygens (including phenoxy) is 1.